The third kappa shape index (κ3) is 5.47. The van der Waals surface area contributed by atoms with Crippen LogP contribution in [-0.4, -0.2) is 16.0 Å². The first-order chi connectivity index (χ1) is 11.2. The monoisotopic (exact) mass is 310 g/mol. The molecule has 2 aromatic rings. The molecular formula is C20H22O3. The average molecular weight is 310 g/mol. The van der Waals surface area contributed by atoms with Crippen molar-refractivity contribution in [3.8, 4) is 0 Å². The number of aliphatic hydroxyl groups is 2. The van der Waals surface area contributed by atoms with Crippen molar-refractivity contribution in [3.63, 3.8) is 0 Å². The second-order valence-electron chi connectivity index (χ2n) is 5.48. The van der Waals surface area contributed by atoms with Crippen LogP contribution in [0.15, 0.2) is 54.6 Å². The van der Waals surface area contributed by atoms with Crippen LogP contribution in [0.25, 0.3) is 6.08 Å². The summed E-state index contributed by atoms with van der Waals surface area (Å²) in [5, 5.41) is 18.5. The van der Waals surface area contributed by atoms with Crippen LogP contribution in [-0.2, 0) is 24.4 Å². The minimum absolute atomic E-state index is 0.0705. The number of carbonyl (C=O) groups excluding carboxylic acids is 1. The Morgan fingerprint density at radius 3 is 2.39 bits per heavy atom. The Balaban J connectivity index is 1.82. The average Bonchev–Trinajstić information content (AvgIpc) is 2.60. The van der Waals surface area contributed by atoms with Crippen molar-refractivity contribution in [1.29, 1.82) is 0 Å². The van der Waals surface area contributed by atoms with E-state index in [1.165, 1.54) is 0 Å². The molecule has 0 amide bonds. The Kier molecular flexibility index (Phi) is 6.73. The van der Waals surface area contributed by atoms with Gasteiger partial charge in [0.05, 0.1) is 13.2 Å². The molecule has 0 saturated heterocycles. The zero-order valence-electron chi connectivity index (χ0n) is 13.1. The predicted molar refractivity (Wildman–Crippen MR) is 91.7 cm³/mol. The normalized spacial score (nSPS) is 11.0. The van der Waals surface area contributed by atoms with Crippen LogP contribution in [0.5, 0.6) is 0 Å². The largest absolute Gasteiger partial charge is 0.392 e. The van der Waals surface area contributed by atoms with E-state index >= 15 is 0 Å². The molecule has 0 aromatic heterocycles. The summed E-state index contributed by atoms with van der Waals surface area (Å²) < 4.78 is 0. The lowest BCUT2D eigenvalue weighted by Gasteiger charge is -2.07. The van der Waals surface area contributed by atoms with Gasteiger partial charge in [0.2, 0.25) is 0 Å². The molecule has 0 bridgehead atoms. The lowest BCUT2D eigenvalue weighted by molar-refractivity contribution is -0.114. The lowest BCUT2D eigenvalue weighted by atomic mass is 10.0. The van der Waals surface area contributed by atoms with Crippen LogP contribution in [0.1, 0.15) is 35.1 Å². The Bertz CT molecular complexity index is 660. The first-order valence-corrected chi connectivity index (χ1v) is 7.81. The van der Waals surface area contributed by atoms with Gasteiger partial charge in [0.15, 0.2) is 5.78 Å². The molecule has 0 atom stereocenters. The molecule has 23 heavy (non-hydrogen) atoms. The van der Waals surface area contributed by atoms with Crippen molar-refractivity contribution in [2.75, 3.05) is 0 Å². The summed E-state index contributed by atoms with van der Waals surface area (Å²) in [6.07, 6.45) is 5.51. The first kappa shape index (κ1) is 17.1. The van der Waals surface area contributed by atoms with Crippen LogP contribution < -0.4 is 0 Å². The number of aryl methyl sites for hydroxylation is 1. The van der Waals surface area contributed by atoms with Crippen molar-refractivity contribution in [1.82, 2.24) is 0 Å². The van der Waals surface area contributed by atoms with Gasteiger partial charge in [0.25, 0.3) is 0 Å². The van der Waals surface area contributed by atoms with Gasteiger partial charge in [0.1, 0.15) is 0 Å². The molecule has 2 rings (SSSR count). The van der Waals surface area contributed by atoms with Gasteiger partial charge in [0, 0.05) is 6.42 Å². The molecule has 0 unspecified atom stereocenters. The topological polar surface area (TPSA) is 57.5 Å². The molecule has 2 N–H and O–H groups in total. The van der Waals surface area contributed by atoms with E-state index in [9.17, 15) is 15.0 Å². The van der Waals surface area contributed by atoms with E-state index < -0.39 is 0 Å². The molecule has 0 spiro atoms. The zero-order valence-corrected chi connectivity index (χ0v) is 13.1. The van der Waals surface area contributed by atoms with Gasteiger partial charge in [-0.1, -0.05) is 54.6 Å². The van der Waals surface area contributed by atoms with E-state index in [1.54, 1.807) is 6.08 Å². The summed E-state index contributed by atoms with van der Waals surface area (Å²) >= 11 is 0. The summed E-state index contributed by atoms with van der Waals surface area (Å²) in [6, 6.07) is 15.4. The van der Waals surface area contributed by atoms with Gasteiger partial charge >= 0.3 is 0 Å². The fourth-order valence-corrected chi connectivity index (χ4v) is 2.44. The Hall–Kier alpha value is -2.23. The highest BCUT2D eigenvalue weighted by Crippen LogP contribution is 2.15. The van der Waals surface area contributed by atoms with Gasteiger partial charge < -0.3 is 10.2 Å². The molecular weight excluding hydrogens is 288 g/mol. The van der Waals surface area contributed by atoms with Crippen molar-refractivity contribution in [2.24, 2.45) is 0 Å². The third-order valence-electron chi connectivity index (χ3n) is 3.76. The Morgan fingerprint density at radius 2 is 1.70 bits per heavy atom. The summed E-state index contributed by atoms with van der Waals surface area (Å²) in [4.78, 5) is 11.9. The highest BCUT2D eigenvalue weighted by atomic mass is 16.3. The maximum atomic E-state index is 11.9. The van der Waals surface area contributed by atoms with E-state index in [2.05, 4.69) is 0 Å². The van der Waals surface area contributed by atoms with Crippen LogP contribution in [0, 0.1) is 0 Å². The van der Waals surface area contributed by atoms with Crippen LogP contribution in [0.3, 0.4) is 0 Å². The summed E-state index contributed by atoms with van der Waals surface area (Å²) in [7, 11) is 0. The molecule has 2 aromatic carbocycles. The molecule has 0 fully saturated rings. The number of benzene rings is 2. The van der Waals surface area contributed by atoms with E-state index in [0.29, 0.717) is 6.42 Å². The quantitative estimate of drug-likeness (QED) is 0.736. The molecule has 3 nitrogen and oxygen atoms in total. The molecule has 0 radical (unpaired) electrons. The number of allylic oxidation sites excluding steroid dienone is 1. The fourth-order valence-electron chi connectivity index (χ4n) is 2.44. The number of carbonyl (C=O) groups is 1. The second kappa shape index (κ2) is 9.03. The lowest BCUT2D eigenvalue weighted by Crippen LogP contribution is -1.98. The molecule has 120 valence electrons. The highest BCUT2D eigenvalue weighted by Gasteiger charge is 2.03. The van der Waals surface area contributed by atoms with Crippen LogP contribution in [0.2, 0.25) is 0 Å². The van der Waals surface area contributed by atoms with E-state index in [4.69, 9.17) is 0 Å². The van der Waals surface area contributed by atoms with Gasteiger partial charge in [-0.15, -0.1) is 0 Å². The predicted octanol–water partition coefficient (Wildman–Crippen LogP) is 3.28. The highest BCUT2D eigenvalue weighted by molar-refractivity contribution is 5.93. The first-order valence-electron chi connectivity index (χ1n) is 7.81. The number of ketones is 1. The van der Waals surface area contributed by atoms with Gasteiger partial charge in [-0.25, -0.2) is 0 Å². The van der Waals surface area contributed by atoms with Crippen molar-refractivity contribution >= 4 is 11.9 Å². The van der Waals surface area contributed by atoms with Gasteiger partial charge in [-0.3, -0.25) is 4.79 Å². The minimum Gasteiger partial charge on any atom is -0.392 e. The third-order valence-corrected chi connectivity index (χ3v) is 3.76. The zero-order chi connectivity index (χ0) is 16.5. The molecule has 0 aliphatic heterocycles. The number of aliphatic hydroxyl groups excluding tert-OH is 2. The number of rotatable bonds is 8. The molecule has 0 saturated carbocycles. The smallest absolute Gasteiger partial charge is 0.155 e. The summed E-state index contributed by atoms with van der Waals surface area (Å²) in [5.74, 6) is 0.114. The second-order valence-corrected chi connectivity index (χ2v) is 5.48. The van der Waals surface area contributed by atoms with Crippen LogP contribution >= 0.6 is 0 Å². The summed E-state index contributed by atoms with van der Waals surface area (Å²) in [5.41, 5.74) is 3.59. The van der Waals surface area contributed by atoms with Crippen molar-refractivity contribution in [2.45, 2.75) is 32.5 Å². The van der Waals surface area contributed by atoms with Crippen molar-refractivity contribution in [3.05, 3.63) is 76.9 Å². The molecule has 0 aliphatic rings. The van der Waals surface area contributed by atoms with Gasteiger partial charge in [-0.05, 0) is 41.2 Å². The van der Waals surface area contributed by atoms with E-state index in [-0.39, 0.29) is 19.0 Å². The van der Waals surface area contributed by atoms with E-state index in [1.807, 2.05) is 54.6 Å². The number of hydrogen-bond acceptors (Lipinski definition) is 3. The van der Waals surface area contributed by atoms with E-state index in [0.717, 1.165) is 35.1 Å². The standard InChI is InChI=1S/C20H22O3/c21-14-18-11-9-17(13-19(18)15-22)7-4-8-20(23)12-10-16-5-2-1-3-6-16/h1-3,5-6,9-13,21-22H,4,7-8,14-15H2/b12-10+. The minimum atomic E-state index is -0.0809. The number of hydrogen-bond donors (Lipinski definition) is 2. The van der Waals surface area contributed by atoms with Gasteiger partial charge in [-0.2, -0.15) is 0 Å². The Labute approximate surface area is 136 Å². The molecule has 0 heterocycles. The molecule has 3 heteroatoms. The maximum absolute atomic E-state index is 11.9. The summed E-state index contributed by atoms with van der Waals surface area (Å²) in [6.45, 7) is -0.151. The Morgan fingerprint density at radius 1 is 0.957 bits per heavy atom. The maximum Gasteiger partial charge on any atom is 0.155 e. The van der Waals surface area contributed by atoms with Crippen molar-refractivity contribution < 1.29 is 15.0 Å². The SMILES string of the molecule is O=C(/C=C/c1ccccc1)CCCc1ccc(CO)c(CO)c1. The fraction of sp³-hybridized carbons (Fsp3) is 0.250. The molecule has 0 aliphatic carbocycles. The van der Waals surface area contributed by atoms with Crippen LogP contribution in [0.4, 0.5) is 0 Å².